The molecule has 4 nitrogen and oxygen atoms in total. The Morgan fingerprint density at radius 1 is 0.897 bits per heavy atom. The van der Waals surface area contributed by atoms with Crippen molar-refractivity contribution in [3.63, 3.8) is 0 Å². The Hall–Kier alpha value is -3.44. The summed E-state index contributed by atoms with van der Waals surface area (Å²) in [4.78, 5) is 13.7. The lowest BCUT2D eigenvalue weighted by Gasteiger charge is -2.32. The summed E-state index contributed by atoms with van der Waals surface area (Å²) in [6, 6.07) is 26.3. The van der Waals surface area contributed by atoms with Crippen molar-refractivity contribution < 1.29 is 9.53 Å². The molecule has 0 spiro atoms. The van der Waals surface area contributed by atoms with Crippen molar-refractivity contribution in [2.24, 2.45) is 0 Å². The molecule has 1 atom stereocenters. The van der Waals surface area contributed by atoms with Crippen LogP contribution < -0.4 is 15.4 Å². The molecule has 0 amide bonds. The molecule has 1 unspecified atom stereocenters. The standard InChI is InChI=1S/C24H20N2O2S/c1-28-19-15-9-8-14-18(19)22-20(23(27)17-12-6-3-7-13-17)21(25-24(29)26-22)16-10-4-2-5-11-16/h2-15,22H,1H3,(H2,25,26,29). The molecular weight excluding hydrogens is 380 g/mol. The van der Waals surface area contributed by atoms with Crippen molar-refractivity contribution in [2.45, 2.75) is 6.04 Å². The van der Waals surface area contributed by atoms with Crippen LogP contribution in [0.2, 0.25) is 0 Å². The molecular formula is C24H20N2O2S. The molecule has 0 bridgehead atoms. The molecule has 2 N–H and O–H groups in total. The van der Waals surface area contributed by atoms with Gasteiger partial charge in [-0.2, -0.15) is 0 Å². The lowest BCUT2D eigenvalue weighted by Crippen LogP contribution is -2.45. The van der Waals surface area contributed by atoms with Gasteiger partial charge in [0.05, 0.1) is 24.4 Å². The topological polar surface area (TPSA) is 50.4 Å². The lowest BCUT2D eigenvalue weighted by atomic mass is 9.87. The summed E-state index contributed by atoms with van der Waals surface area (Å²) >= 11 is 5.49. The Morgan fingerprint density at radius 2 is 1.52 bits per heavy atom. The van der Waals surface area contributed by atoms with E-state index in [-0.39, 0.29) is 5.78 Å². The molecule has 0 aromatic heterocycles. The molecule has 3 aromatic carbocycles. The van der Waals surface area contributed by atoms with Crippen molar-refractivity contribution in [2.75, 3.05) is 7.11 Å². The predicted molar refractivity (Wildman–Crippen MR) is 119 cm³/mol. The van der Waals surface area contributed by atoms with Gasteiger partial charge < -0.3 is 15.4 Å². The molecule has 4 rings (SSSR count). The van der Waals surface area contributed by atoms with Crippen LogP contribution in [0.5, 0.6) is 5.75 Å². The van der Waals surface area contributed by atoms with Gasteiger partial charge in [-0.05, 0) is 23.8 Å². The van der Waals surface area contributed by atoms with Gasteiger partial charge in [0.1, 0.15) is 5.75 Å². The number of para-hydroxylation sites is 1. The highest BCUT2D eigenvalue weighted by Crippen LogP contribution is 2.37. The smallest absolute Gasteiger partial charge is 0.193 e. The molecule has 0 saturated heterocycles. The third kappa shape index (κ3) is 3.77. The van der Waals surface area contributed by atoms with Gasteiger partial charge in [0, 0.05) is 11.1 Å². The summed E-state index contributed by atoms with van der Waals surface area (Å²) in [5.41, 5.74) is 3.67. The highest BCUT2D eigenvalue weighted by molar-refractivity contribution is 7.80. The largest absolute Gasteiger partial charge is 0.496 e. The molecule has 0 fully saturated rings. The van der Waals surface area contributed by atoms with E-state index in [2.05, 4.69) is 10.6 Å². The zero-order valence-corrected chi connectivity index (χ0v) is 16.7. The van der Waals surface area contributed by atoms with Gasteiger partial charge in [-0.15, -0.1) is 0 Å². The van der Waals surface area contributed by atoms with Crippen molar-refractivity contribution in [3.05, 3.63) is 107 Å². The van der Waals surface area contributed by atoms with E-state index in [1.165, 1.54) is 0 Å². The zero-order chi connectivity index (χ0) is 20.2. The fourth-order valence-electron chi connectivity index (χ4n) is 3.52. The van der Waals surface area contributed by atoms with Crippen LogP contribution in [0.4, 0.5) is 0 Å². The Morgan fingerprint density at radius 3 is 2.21 bits per heavy atom. The highest BCUT2D eigenvalue weighted by Gasteiger charge is 2.33. The molecule has 0 radical (unpaired) electrons. The van der Waals surface area contributed by atoms with E-state index < -0.39 is 6.04 Å². The molecule has 5 heteroatoms. The molecule has 0 aliphatic carbocycles. The number of nitrogens with one attached hydrogen (secondary N) is 2. The minimum Gasteiger partial charge on any atom is -0.496 e. The van der Waals surface area contributed by atoms with Gasteiger partial charge >= 0.3 is 0 Å². The maximum absolute atomic E-state index is 13.7. The van der Waals surface area contributed by atoms with E-state index in [0.717, 1.165) is 11.1 Å². The Labute approximate surface area is 175 Å². The lowest BCUT2D eigenvalue weighted by molar-refractivity contribution is 0.102. The van der Waals surface area contributed by atoms with E-state index in [1.54, 1.807) is 7.11 Å². The van der Waals surface area contributed by atoms with Gasteiger partial charge in [0.2, 0.25) is 0 Å². The Bertz CT molecular complexity index is 1080. The maximum atomic E-state index is 13.7. The maximum Gasteiger partial charge on any atom is 0.193 e. The Kier molecular flexibility index (Phi) is 5.40. The fourth-order valence-corrected chi connectivity index (χ4v) is 3.74. The first-order valence-corrected chi connectivity index (χ1v) is 9.69. The van der Waals surface area contributed by atoms with E-state index in [9.17, 15) is 4.79 Å². The quantitative estimate of drug-likeness (QED) is 0.488. The molecule has 1 heterocycles. The highest BCUT2D eigenvalue weighted by atomic mass is 32.1. The normalized spacial score (nSPS) is 16.0. The van der Waals surface area contributed by atoms with Gasteiger partial charge in [-0.3, -0.25) is 4.79 Å². The minimum atomic E-state index is -0.442. The van der Waals surface area contributed by atoms with Crippen LogP contribution in [0.1, 0.15) is 27.5 Å². The van der Waals surface area contributed by atoms with Crippen molar-refractivity contribution in [3.8, 4) is 5.75 Å². The number of carbonyl (C=O) groups excluding carboxylic acids is 1. The third-order valence-electron chi connectivity index (χ3n) is 4.86. The second-order valence-corrected chi connectivity index (χ2v) is 7.03. The number of ketones is 1. The number of methoxy groups -OCH3 is 1. The first kappa shape index (κ1) is 18.9. The van der Waals surface area contributed by atoms with Crippen LogP contribution in [0.25, 0.3) is 5.70 Å². The predicted octanol–water partition coefficient (Wildman–Crippen LogP) is 4.51. The first-order chi connectivity index (χ1) is 14.2. The van der Waals surface area contributed by atoms with Crippen LogP contribution in [0, 0.1) is 0 Å². The minimum absolute atomic E-state index is 0.0668. The number of hydrogen-bond donors (Lipinski definition) is 2. The number of rotatable bonds is 5. The van der Waals surface area contributed by atoms with Crippen LogP contribution >= 0.6 is 12.2 Å². The number of carbonyl (C=O) groups is 1. The number of Topliss-reactive ketones (excluding diaryl/α,β-unsaturated/α-hetero) is 1. The third-order valence-corrected chi connectivity index (χ3v) is 5.08. The zero-order valence-electron chi connectivity index (χ0n) is 15.9. The average Bonchev–Trinajstić information content (AvgIpc) is 2.79. The average molecular weight is 401 g/mol. The summed E-state index contributed by atoms with van der Waals surface area (Å²) in [5.74, 6) is 0.628. The van der Waals surface area contributed by atoms with Crippen LogP contribution in [0.3, 0.4) is 0 Å². The monoisotopic (exact) mass is 400 g/mol. The molecule has 1 aliphatic rings. The summed E-state index contributed by atoms with van der Waals surface area (Å²) in [6.45, 7) is 0. The van der Waals surface area contributed by atoms with Gasteiger partial charge in [-0.25, -0.2) is 0 Å². The van der Waals surface area contributed by atoms with E-state index in [0.29, 0.717) is 27.7 Å². The SMILES string of the molecule is COc1ccccc1C1NC(=S)NC(c2ccccc2)=C1C(=O)c1ccccc1. The van der Waals surface area contributed by atoms with Crippen molar-refractivity contribution in [1.29, 1.82) is 0 Å². The van der Waals surface area contributed by atoms with E-state index in [1.807, 2.05) is 84.9 Å². The van der Waals surface area contributed by atoms with E-state index in [4.69, 9.17) is 17.0 Å². The van der Waals surface area contributed by atoms with E-state index >= 15 is 0 Å². The Balaban J connectivity index is 1.96. The molecule has 29 heavy (non-hydrogen) atoms. The molecule has 0 saturated carbocycles. The summed E-state index contributed by atoms with van der Waals surface area (Å²) < 4.78 is 5.57. The van der Waals surface area contributed by atoms with Gasteiger partial charge in [0.25, 0.3) is 0 Å². The van der Waals surface area contributed by atoms with Crippen molar-refractivity contribution >= 4 is 28.8 Å². The summed E-state index contributed by atoms with van der Waals surface area (Å²) in [5, 5.41) is 6.94. The first-order valence-electron chi connectivity index (χ1n) is 9.29. The number of ether oxygens (including phenoxy) is 1. The second-order valence-electron chi connectivity index (χ2n) is 6.62. The summed E-state index contributed by atoms with van der Waals surface area (Å²) in [6.07, 6.45) is 0. The number of hydrogen-bond acceptors (Lipinski definition) is 3. The van der Waals surface area contributed by atoms with Crippen LogP contribution in [0.15, 0.2) is 90.5 Å². The number of thiocarbonyl (C=S) groups is 1. The number of benzene rings is 3. The molecule has 1 aliphatic heterocycles. The second kappa shape index (κ2) is 8.29. The van der Waals surface area contributed by atoms with Crippen LogP contribution in [-0.2, 0) is 0 Å². The van der Waals surface area contributed by atoms with Crippen LogP contribution in [-0.4, -0.2) is 18.0 Å². The molecule has 144 valence electrons. The van der Waals surface area contributed by atoms with Gasteiger partial charge in [0.15, 0.2) is 10.9 Å². The van der Waals surface area contributed by atoms with Gasteiger partial charge in [-0.1, -0.05) is 78.9 Å². The summed E-state index contributed by atoms with van der Waals surface area (Å²) in [7, 11) is 1.62. The van der Waals surface area contributed by atoms with Crippen molar-refractivity contribution in [1.82, 2.24) is 10.6 Å². The molecule has 3 aromatic rings. The fraction of sp³-hybridized carbons (Fsp3) is 0.0833.